The zero-order valence-electron chi connectivity index (χ0n) is 15.7. The van der Waals surface area contributed by atoms with Gasteiger partial charge in [0.05, 0.1) is 11.4 Å². The summed E-state index contributed by atoms with van der Waals surface area (Å²) in [6, 6.07) is 17.2. The Hall–Kier alpha value is -3.94. The fourth-order valence-corrected chi connectivity index (χ4v) is 2.97. The zero-order chi connectivity index (χ0) is 20.2. The Bertz CT molecular complexity index is 1120. The third-order valence-corrected chi connectivity index (χ3v) is 4.40. The van der Waals surface area contributed by atoms with Crippen molar-refractivity contribution < 1.29 is 9.18 Å². The van der Waals surface area contributed by atoms with E-state index in [4.69, 9.17) is 0 Å². The molecule has 146 valence electrons. The predicted octanol–water partition coefficient (Wildman–Crippen LogP) is 4.03. The van der Waals surface area contributed by atoms with E-state index in [9.17, 15) is 9.18 Å². The van der Waals surface area contributed by atoms with Crippen molar-refractivity contribution in [1.82, 2.24) is 25.3 Å². The van der Waals surface area contributed by atoms with Crippen molar-refractivity contribution in [3.63, 3.8) is 0 Å². The normalized spacial score (nSPS) is 10.7. The highest BCUT2D eigenvalue weighted by Gasteiger charge is 2.10. The molecule has 0 saturated carbocycles. The molecule has 0 aliphatic carbocycles. The lowest BCUT2D eigenvalue weighted by atomic mass is 10.1. The largest absolute Gasteiger partial charge is 0.334 e. The molecule has 7 nitrogen and oxygen atoms in total. The third kappa shape index (κ3) is 4.32. The van der Waals surface area contributed by atoms with E-state index in [1.54, 1.807) is 29.1 Å². The highest BCUT2D eigenvalue weighted by Crippen LogP contribution is 2.17. The highest BCUT2D eigenvalue weighted by molar-refractivity contribution is 5.88. The molecule has 0 aliphatic heterocycles. The number of benzene rings is 2. The van der Waals surface area contributed by atoms with Crippen molar-refractivity contribution in [2.24, 2.45) is 0 Å². The molecule has 29 heavy (non-hydrogen) atoms. The first-order valence-corrected chi connectivity index (χ1v) is 9.04. The number of aryl methyl sites for hydroxylation is 1. The van der Waals surface area contributed by atoms with Crippen LogP contribution in [0.5, 0.6) is 0 Å². The van der Waals surface area contributed by atoms with Gasteiger partial charge in [-0.25, -0.2) is 13.9 Å². The number of hydrogen-bond acceptors (Lipinski definition) is 3. The molecule has 3 N–H and O–H groups in total. The van der Waals surface area contributed by atoms with Crippen LogP contribution in [0.3, 0.4) is 0 Å². The number of carbonyl (C=O) groups is 1. The number of aromatic nitrogens is 4. The Morgan fingerprint density at radius 2 is 1.97 bits per heavy atom. The molecule has 0 radical (unpaired) electrons. The van der Waals surface area contributed by atoms with Gasteiger partial charge in [-0.2, -0.15) is 5.10 Å². The summed E-state index contributed by atoms with van der Waals surface area (Å²) in [5, 5.41) is 16.7. The third-order valence-electron chi connectivity index (χ3n) is 4.40. The van der Waals surface area contributed by atoms with E-state index in [2.05, 4.69) is 25.9 Å². The summed E-state index contributed by atoms with van der Waals surface area (Å²) < 4.78 is 15.0. The van der Waals surface area contributed by atoms with Crippen molar-refractivity contribution in [1.29, 1.82) is 0 Å². The van der Waals surface area contributed by atoms with Gasteiger partial charge in [0.1, 0.15) is 5.82 Å². The minimum Gasteiger partial charge on any atom is -0.334 e. The fourth-order valence-electron chi connectivity index (χ4n) is 2.97. The number of halogens is 1. The fraction of sp³-hybridized carbons (Fsp3) is 0.0952. The molecule has 0 fully saturated rings. The molecular weight excluding hydrogens is 371 g/mol. The van der Waals surface area contributed by atoms with E-state index >= 15 is 0 Å². The summed E-state index contributed by atoms with van der Waals surface area (Å²) in [6.07, 6.45) is 1.70. The summed E-state index contributed by atoms with van der Waals surface area (Å²) in [4.78, 5) is 12.2. The number of aromatic amines is 1. The average Bonchev–Trinajstić information content (AvgIpc) is 3.37. The van der Waals surface area contributed by atoms with E-state index in [-0.39, 0.29) is 11.8 Å². The number of carbonyl (C=O) groups excluding carboxylic acids is 1. The summed E-state index contributed by atoms with van der Waals surface area (Å²) in [5.41, 5.74) is 4.29. The summed E-state index contributed by atoms with van der Waals surface area (Å²) in [5.74, 6) is 0.0436. The van der Waals surface area contributed by atoms with Crippen LogP contribution in [0, 0.1) is 12.7 Å². The number of nitrogens with zero attached hydrogens (tertiary/aromatic N) is 3. The van der Waals surface area contributed by atoms with Crippen LogP contribution in [0.4, 0.5) is 15.0 Å². The first-order chi connectivity index (χ1) is 14.1. The monoisotopic (exact) mass is 390 g/mol. The van der Waals surface area contributed by atoms with Crippen LogP contribution >= 0.6 is 0 Å². The minimum absolute atomic E-state index is 0.344. The van der Waals surface area contributed by atoms with Crippen LogP contribution < -0.4 is 10.6 Å². The number of amides is 2. The molecule has 2 aromatic heterocycles. The number of anilines is 1. The lowest BCUT2D eigenvalue weighted by Crippen LogP contribution is -2.28. The Labute approximate surface area is 166 Å². The van der Waals surface area contributed by atoms with Gasteiger partial charge in [-0.1, -0.05) is 30.3 Å². The van der Waals surface area contributed by atoms with Gasteiger partial charge in [0.2, 0.25) is 0 Å². The number of nitrogens with one attached hydrogen (secondary N) is 3. The Kier molecular flexibility index (Phi) is 5.07. The van der Waals surface area contributed by atoms with Crippen molar-refractivity contribution in [2.45, 2.75) is 13.5 Å². The summed E-state index contributed by atoms with van der Waals surface area (Å²) in [7, 11) is 0. The molecule has 0 spiro atoms. The number of urea groups is 1. The molecule has 0 saturated heterocycles. The van der Waals surface area contributed by atoms with Crippen LogP contribution in [0.2, 0.25) is 0 Å². The standard InChI is InChI=1S/C21H19FN6O/c1-14-11-20(27-28(14)18-4-2-3-17(22)12-18)25-21(29)23-13-15-5-7-16(8-6-15)19-9-10-24-26-19/h2-12H,13H2,1H3,(H,24,26)(H2,23,25,27,29). The maximum atomic E-state index is 13.4. The van der Waals surface area contributed by atoms with Gasteiger partial charge in [-0.15, -0.1) is 5.10 Å². The Morgan fingerprint density at radius 3 is 2.69 bits per heavy atom. The number of H-pyrrole nitrogens is 1. The molecule has 2 heterocycles. The van der Waals surface area contributed by atoms with Gasteiger partial charge in [0.25, 0.3) is 0 Å². The quantitative estimate of drug-likeness (QED) is 0.481. The van der Waals surface area contributed by atoms with Crippen molar-refractivity contribution in [2.75, 3.05) is 5.32 Å². The zero-order valence-corrected chi connectivity index (χ0v) is 15.7. The van der Waals surface area contributed by atoms with Gasteiger partial charge in [0.15, 0.2) is 5.82 Å². The summed E-state index contributed by atoms with van der Waals surface area (Å²) in [6.45, 7) is 2.21. The molecule has 2 amide bonds. The summed E-state index contributed by atoms with van der Waals surface area (Å²) >= 11 is 0. The molecule has 4 aromatic rings. The smallest absolute Gasteiger partial charge is 0.320 e. The van der Waals surface area contributed by atoms with Crippen molar-refractivity contribution in [3.05, 3.63) is 83.9 Å². The topological polar surface area (TPSA) is 87.6 Å². The maximum Gasteiger partial charge on any atom is 0.320 e. The van der Waals surface area contributed by atoms with Gasteiger partial charge in [0, 0.05) is 24.5 Å². The van der Waals surface area contributed by atoms with Gasteiger partial charge >= 0.3 is 6.03 Å². The van der Waals surface area contributed by atoms with Crippen LogP contribution in [0.25, 0.3) is 16.9 Å². The highest BCUT2D eigenvalue weighted by atomic mass is 19.1. The molecule has 4 rings (SSSR count). The molecule has 8 heteroatoms. The van der Waals surface area contributed by atoms with E-state index in [1.807, 2.05) is 37.3 Å². The van der Waals surface area contributed by atoms with E-state index < -0.39 is 0 Å². The van der Waals surface area contributed by atoms with Crippen LogP contribution in [0.15, 0.2) is 66.9 Å². The van der Waals surface area contributed by atoms with Crippen LogP contribution in [-0.2, 0) is 6.54 Å². The molecule has 0 bridgehead atoms. The first kappa shape index (κ1) is 18.4. The second-order valence-electron chi connectivity index (χ2n) is 6.54. The SMILES string of the molecule is Cc1cc(NC(=O)NCc2ccc(-c3ccn[nH]3)cc2)nn1-c1cccc(F)c1. The second kappa shape index (κ2) is 7.97. The van der Waals surface area contributed by atoms with Gasteiger partial charge in [-0.05, 0) is 42.3 Å². The second-order valence-corrected chi connectivity index (χ2v) is 6.54. The van der Waals surface area contributed by atoms with Gasteiger partial charge < -0.3 is 5.32 Å². The van der Waals surface area contributed by atoms with Crippen LogP contribution in [0.1, 0.15) is 11.3 Å². The first-order valence-electron chi connectivity index (χ1n) is 9.04. The molecule has 0 unspecified atom stereocenters. The van der Waals surface area contributed by atoms with E-state index in [0.29, 0.717) is 18.1 Å². The molecule has 0 atom stereocenters. The maximum absolute atomic E-state index is 13.4. The van der Waals surface area contributed by atoms with E-state index in [1.165, 1.54) is 12.1 Å². The van der Waals surface area contributed by atoms with Gasteiger partial charge in [-0.3, -0.25) is 10.4 Å². The van der Waals surface area contributed by atoms with Crippen molar-refractivity contribution >= 4 is 11.8 Å². The predicted molar refractivity (Wildman–Crippen MR) is 108 cm³/mol. The molecule has 0 aliphatic rings. The lowest BCUT2D eigenvalue weighted by Gasteiger charge is -2.07. The van der Waals surface area contributed by atoms with Crippen LogP contribution in [-0.4, -0.2) is 26.0 Å². The van der Waals surface area contributed by atoms with Crippen molar-refractivity contribution in [3.8, 4) is 16.9 Å². The Balaban J connectivity index is 1.36. The molecule has 2 aromatic carbocycles. The number of hydrogen-bond donors (Lipinski definition) is 3. The lowest BCUT2D eigenvalue weighted by molar-refractivity contribution is 0.251. The Morgan fingerprint density at radius 1 is 1.14 bits per heavy atom. The molecular formula is C21H19FN6O. The number of rotatable bonds is 5. The minimum atomic E-state index is -0.369. The average molecular weight is 390 g/mol. The van der Waals surface area contributed by atoms with E-state index in [0.717, 1.165) is 22.5 Å².